The molecule has 7 nitrogen and oxygen atoms in total. The Morgan fingerprint density at radius 2 is 2.00 bits per heavy atom. The molecule has 1 aromatic carbocycles. The molecule has 0 saturated heterocycles. The van der Waals surface area contributed by atoms with E-state index in [0.29, 0.717) is 12.8 Å². The van der Waals surface area contributed by atoms with Crippen molar-refractivity contribution in [3.8, 4) is 0 Å². The van der Waals surface area contributed by atoms with Crippen LogP contribution in [0.25, 0.3) is 0 Å². The average Bonchev–Trinajstić information content (AvgIpc) is 2.41. The number of hydrogen-bond donors (Lipinski definition) is 2. The van der Waals surface area contributed by atoms with Gasteiger partial charge < -0.3 is 5.11 Å². The maximum Gasteiger partial charge on any atom is 0.289 e. The van der Waals surface area contributed by atoms with Gasteiger partial charge in [0.05, 0.1) is 15.9 Å². The lowest BCUT2D eigenvalue weighted by atomic mass is 9.93. The number of nitro groups is 1. The largest absolute Gasteiger partial charge is 0.391 e. The predicted molar refractivity (Wildman–Crippen MR) is 76.7 cm³/mol. The first-order chi connectivity index (χ1) is 9.81. The van der Waals surface area contributed by atoms with Crippen molar-refractivity contribution in [3.63, 3.8) is 0 Å². The van der Waals surface area contributed by atoms with Crippen molar-refractivity contribution >= 4 is 27.3 Å². The Labute approximate surface area is 127 Å². The first kappa shape index (κ1) is 16.2. The van der Waals surface area contributed by atoms with Gasteiger partial charge in [-0.1, -0.05) is 24.4 Å². The predicted octanol–water partition coefficient (Wildman–Crippen LogP) is 1.83. The number of rotatable bonds is 4. The highest BCUT2D eigenvalue weighted by Crippen LogP contribution is 2.28. The molecule has 0 aromatic heterocycles. The molecule has 21 heavy (non-hydrogen) atoms. The lowest BCUT2D eigenvalue weighted by Gasteiger charge is -2.28. The van der Waals surface area contributed by atoms with E-state index in [-0.39, 0.29) is 9.92 Å². The summed E-state index contributed by atoms with van der Waals surface area (Å²) in [6.45, 7) is 0. The molecule has 0 heterocycles. The summed E-state index contributed by atoms with van der Waals surface area (Å²) < 4.78 is 26.9. The molecular weight excluding hydrogens is 320 g/mol. The Morgan fingerprint density at radius 1 is 1.33 bits per heavy atom. The Morgan fingerprint density at radius 3 is 2.62 bits per heavy atom. The second kappa shape index (κ2) is 6.27. The monoisotopic (exact) mass is 334 g/mol. The highest BCUT2D eigenvalue weighted by atomic mass is 35.5. The van der Waals surface area contributed by atoms with Gasteiger partial charge in [-0.3, -0.25) is 10.1 Å². The van der Waals surface area contributed by atoms with Gasteiger partial charge in [0.25, 0.3) is 5.69 Å². The van der Waals surface area contributed by atoms with E-state index in [1.165, 1.54) is 12.1 Å². The molecule has 0 amide bonds. The standard InChI is InChI=1S/C12H15ClN2O5S/c13-9-6-5-8(7-11(9)15(17)18)21(19,20)14-10-3-1-2-4-12(10)16/h5-7,10,12,14,16H,1-4H2/t10-,12-/m1/s1. The van der Waals surface area contributed by atoms with Gasteiger partial charge in [-0.05, 0) is 25.0 Å². The molecule has 1 aliphatic carbocycles. The molecular formula is C12H15ClN2O5S. The molecule has 0 unspecified atom stereocenters. The normalized spacial score (nSPS) is 23.0. The van der Waals surface area contributed by atoms with Crippen LogP contribution in [0.5, 0.6) is 0 Å². The third kappa shape index (κ3) is 3.70. The minimum Gasteiger partial charge on any atom is -0.391 e. The van der Waals surface area contributed by atoms with Gasteiger partial charge >= 0.3 is 0 Å². The molecule has 1 saturated carbocycles. The molecule has 2 N–H and O–H groups in total. The molecule has 116 valence electrons. The Kier molecular flexibility index (Phi) is 4.82. The number of aliphatic hydroxyl groups is 1. The number of nitrogens with one attached hydrogen (secondary N) is 1. The lowest BCUT2D eigenvalue weighted by molar-refractivity contribution is -0.384. The van der Waals surface area contributed by atoms with Crippen LogP contribution < -0.4 is 4.72 Å². The maximum atomic E-state index is 12.2. The van der Waals surface area contributed by atoms with E-state index in [1.807, 2.05) is 0 Å². The van der Waals surface area contributed by atoms with Crippen LogP contribution in [0.2, 0.25) is 5.02 Å². The fraction of sp³-hybridized carbons (Fsp3) is 0.500. The molecule has 1 aliphatic rings. The molecule has 9 heteroatoms. The minimum atomic E-state index is -3.94. The summed E-state index contributed by atoms with van der Waals surface area (Å²) in [6, 6.07) is 2.72. The van der Waals surface area contributed by atoms with Crippen molar-refractivity contribution in [1.29, 1.82) is 0 Å². The van der Waals surface area contributed by atoms with E-state index in [0.717, 1.165) is 18.9 Å². The molecule has 0 bridgehead atoms. The van der Waals surface area contributed by atoms with Gasteiger partial charge in [0.2, 0.25) is 10.0 Å². The molecule has 1 fully saturated rings. The topological polar surface area (TPSA) is 110 Å². The van der Waals surface area contributed by atoms with Crippen molar-refractivity contribution in [1.82, 2.24) is 4.72 Å². The minimum absolute atomic E-state index is 0.128. The van der Waals surface area contributed by atoms with Crippen LogP contribution in [0.15, 0.2) is 23.1 Å². The number of nitrogens with zero attached hydrogens (tertiary/aromatic N) is 1. The summed E-state index contributed by atoms with van der Waals surface area (Å²) in [4.78, 5) is 9.83. The van der Waals surface area contributed by atoms with Crippen LogP contribution in [0.4, 0.5) is 5.69 Å². The van der Waals surface area contributed by atoms with Gasteiger partial charge in [0.1, 0.15) is 5.02 Å². The summed E-state index contributed by atoms with van der Waals surface area (Å²) in [7, 11) is -3.94. The number of benzene rings is 1. The smallest absolute Gasteiger partial charge is 0.289 e. The zero-order valence-electron chi connectivity index (χ0n) is 11.0. The van der Waals surface area contributed by atoms with Crippen molar-refractivity contribution in [3.05, 3.63) is 33.3 Å². The van der Waals surface area contributed by atoms with E-state index in [2.05, 4.69) is 4.72 Å². The van der Waals surface area contributed by atoms with Gasteiger partial charge in [0.15, 0.2) is 0 Å². The summed E-state index contributed by atoms with van der Waals surface area (Å²) >= 11 is 5.66. The summed E-state index contributed by atoms with van der Waals surface area (Å²) in [5.41, 5.74) is -0.469. The van der Waals surface area contributed by atoms with E-state index in [1.54, 1.807) is 0 Å². The highest BCUT2D eigenvalue weighted by Gasteiger charge is 2.29. The van der Waals surface area contributed by atoms with Crippen molar-refractivity contribution in [2.45, 2.75) is 42.7 Å². The number of hydrogen-bond acceptors (Lipinski definition) is 5. The fourth-order valence-electron chi connectivity index (χ4n) is 2.32. The number of nitro benzene ring substituents is 1. The second-order valence-electron chi connectivity index (χ2n) is 4.95. The van der Waals surface area contributed by atoms with Gasteiger partial charge in [-0.2, -0.15) is 0 Å². The third-order valence-corrected chi connectivity index (χ3v) is 5.27. The van der Waals surface area contributed by atoms with E-state index in [9.17, 15) is 23.6 Å². The fourth-order valence-corrected chi connectivity index (χ4v) is 3.83. The summed E-state index contributed by atoms with van der Waals surface area (Å²) in [5.74, 6) is 0. The van der Waals surface area contributed by atoms with Crippen molar-refractivity contribution < 1.29 is 18.4 Å². The molecule has 0 aliphatic heterocycles. The quantitative estimate of drug-likeness (QED) is 0.644. The zero-order valence-corrected chi connectivity index (χ0v) is 12.6. The summed E-state index contributed by atoms with van der Waals surface area (Å²) in [5, 5.41) is 20.5. The van der Waals surface area contributed by atoms with Gasteiger partial charge in [0, 0.05) is 12.1 Å². The first-order valence-electron chi connectivity index (χ1n) is 6.45. The Bertz CT molecular complexity index is 649. The second-order valence-corrected chi connectivity index (χ2v) is 7.07. The summed E-state index contributed by atoms with van der Waals surface area (Å²) in [6.07, 6.45) is 2.01. The molecule has 2 rings (SSSR count). The average molecular weight is 335 g/mol. The molecule has 2 atom stereocenters. The van der Waals surface area contributed by atoms with E-state index in [4.69, 9.17) is 11.6 Å². The Hall–Kier alpha value is -1.22. The van der Waals surface area contributed by atoms with Gasteiger partial charge in [-0.15, -0.1) is 0 Å². The van der Waals surface area contributed by atoms with Crippen LogP contribution >= 0.6 is 11.6 Å². The number of halogens is 1. The molecule has 0 radical (unpaired) electrons. The van der Waals surface area contributed by atoms with Crippen LogP contribution in [0.3, 0.4) is 0 Å². The van der Waals surface area contributed by atoms with Crippen LogP contribution in [0, 0.1) is 10.1 Å². The van der Waals surface area contributed by atoms with Crippen LogP contribution in [0.1, 0.15) is 25.7 Å². The van der Waals surface area contributed by atoms with Crippen molar-refractivity contribution in [2.24, 2.45) is 0 Å². The molecule has 0 spiro atoms. The number of aliphatic hydroxyl groups excluding tert-OH is 1. The lowest BCUT2D eigenvalue weighted by Crippen LogP contribution is -2.44. The highest BCUT2D eigenvalue weighted by molar-refractivity contribution is 7.89. The van der Waals surface area contributed by atoms with Gasteiger partial charge in [-0.25, -0.2) is 13.1 Å². The SMILES string of the molecule is O=[N+]([O-])c1cc(S(=O)(=O)N[C@@H]2CCCC[C@H]2O)ccc1Cl. The van der Waals surface area contributed by atoms with E-state index >= 15 is 0 Å². The third-order valence-electron chi connectivity index (χ3n) is 3.46. The maximum absolute atomic E-state index is 12.2. The first-order valence-corrected chi connectivity index (χ1v) is 8.32. The Balaban J connectivity index is 2.27. The number of sulfonamides is 1. The zero-order chi connectivity index (χ0) is 15.6. The van der Waals surface area contributed by atoms with E-state index < -0.39 is 32.8 Å². The van der Waals surface area contributed by atoms with Crippen LogP contribution in [-0.4, -0.2) is 30.6 Å². The molecule has 1 aromatic rings. The van der Waals surface area contributed by atoms with Crippen LogP contribution in [-0.2, 0) is 10.0 Å². The van der Waals surface area contributed by atoms with Crippen molar-refractivity contribution in [2.75, 3.05) is 0 Å².